The van der Waals surface area contributed by atoms with Gasteiger partial charge in [0, 0.05) is 23.6 Å². The van der Waals surface area contributed by atoms with Gasteiger partial charge in [-0.3, -0.25) is 9.78 Å². The lowest BCUT2D eigenvalue weighted by Crippen LogP contribution is -2.31. The maximum Gasteiger partial charge on any atom is 0.319 e. The molecule has 1 aromatic carbocycles. The number of aryl methyl sites for hydroxylation is 1. The highest BCUT2D eigenvalue weighted by atomic mass is 16.2. The van der Waals surface area contributed by atoms with Crippen LogP contribution < -0.4 is 16.4 Å². The lowest BCUT2D eigenvalue weighted by molar-refractivity contribution is 0.0999. The second-order valence-corrected chi connectivity index (χ2v) is 4.99. The molecule has 0 aliphatic carbocycles. The molecule has 0 fully saturated rings. The molecule has 4 N–H and O–H groups in total. The number of hydrogen-bond acceptors (Lipinski definition) is 3. The minimum atomic E-state index is -0.486. The van der Waals surface area contributed by atoms with Crippen LogP contribution in [0.25, 0.3) is 0 Å². The number of carbonyl (C=O) groups is 2. The Balaban J connectivity index is 2.00. The molecule has 22 heavy (non-hydrogen) atoms. The highest BCUT2D eigenvalue weighted by Gasteiger charge is 2.10. The SMILES string of the molecule is Cc1cc(NC(=O)NC(C)c2ccncc2)ccc1C(N)=O. The van der Waals surface area contributed by atoms with Gasteiger partial charge in [0.1, 0.15) is 0 Å². The summed E-state index contributed by atoms with van der Waals surface area (Å²) in [5.74, 6) is -0.486. The molecule has 1 heterocycles. The van der Waals surface area contributed by atoms with Gasteiger partial charge in [0.25, 0.3) is 0 Å². The molecule has 2 rings (SSSR count). The van der Waals surface area contributed by atoms with Crippen molar-refractivity contribution in [3.63, 3.8) is 0 Å². The fourth-order valence-electron chi connectivity index (χ4n) is 2.12. The molecule has 0 aliphatic heterocycles. The molecule has 1 atom stereocenters. The van der Waals surface area contributed by atoms with Crippen molar-refractivity contribution in [1.29, 1.82) is 0 Å². The van der Waals surface area contributed by atoms with E-state index in [9.17, 15) is 9.59 Å². The molecule has 6 nitrogen and oxygen atoms in total. The van der Waals surface area contributed by atoms with E-state index < -0.39 is 5.91 Å². The highest BCUT2D eigenvalue weighted by Crippen LogP contribution is 2.15. The fourth-order valence-corrected chi connectivity index (χ4v) is 2.12. The average Bonchev–Trinajstić information content (AvgIpc) is 2.47. The zero-order valence-corrected chi connectivity index (χ0v) is 12.5. The smallest absolute Gasteiger partial charge is 0.319 e. The number of rotatable bonds is 4. The summed E-state index contributed by atoms with van der Waals surface area (Å²) in [7, 11) is 0. The molecule has 1 aromatic heterocycles. The first-order valence-electron chi connectivity index (χ1n) is 6.85. The third-order valence-corrected chi connectivity index (χ3v) is 3.30. The van der Waals surface area contributed by atoms with Crippen LogP contribution >= 0.6 is 0 Å². The van der Waals surface area contributed by atoms with Gasteiger partial charge in [-0.15, -0.1) is 0 Å². The molecule has 3 amide bonds. The van der Waals surface area contributed by atoms with Crippen LogP contribution in [0.5, 0.6) is 0 Å². The molecule has 6 heteroatoms. The van der Waals surface area contributed by atoms with Crippen molar-refractivity contribution in [3.8, 4) is 0 Å². The second kappa shape index (κ2) is 6.71. The molecular formula is C16H18N4O2. The van der Waals surface area contributed by atoms with Gasteiger partial charge in [0.2, 0.25) is 5.91 Å². The van der Waals surface area contributed by atoms with Crippen molar-refractivity contribution in [2.75, 3.05) is 5.32 Å². The zero-order chi connectivity index (χ0) is 16.1. The van der Waals surface area contributed by atoms with Gasteiger partial charge in [0.05, 0.1) is 6.04 Å². The minimum Gasteiger partial charge on any atom is -0.366 e. The van der Waals surface area contributed by atoms with Gasteiger partial charge in [0.15, 0.2) is 0 Å². The number of primary amides is 1. The third kappa shape index (κ3) is 3.82. The maximum atomic E-state index is 12.0. The number of nitrogens with two attached hydrogens (primary N) is 1. The third-order valence-electron chi connectivity index (χ3n) is 3.30. The van der Waals surface area contributed by atoms with Crippen LogP contribution in [-0.2, 0) is 0 Å². The van der Waals surface area contributed by atoms with E-state index in [0.717, 1.165) is 5.56 Å². The Morgan fingerprint density at radius 1 is 1.18 bits per heavy atom. The fraction of sp³-hybridized carbons (Fsp3) is 0.188. The summed E-state index contributed by atoms with van der Waals surface area (Å²) in [4.78, 5) is 27.1. The summed E-state index contributed by atoms with van der Waals surface area (Å²) < 4.78 is 0. The summed E-state index contributed by atoms with van der Waals surface area (Å²) in [6.45, 7) is 3.65. The van der Waals surface area contributed by atoms with Crippen molar-refractivity contribution in [2.45, 2.75) is 19.9 Å². The van der Waals surface area contributed by atoms with E-state index in [1.165, 1.54) is 0 Å². The van der Waals surface area contributed by atoms with Crippen molar-refractivity contribution in [3.05, 3.63) is 59.4 Å². The molecular weight excluding hydrogens is 280 g/mol. The number of nitrogens with zero attached hydrogens (tertiary/aromatic N) is 1. The number of hydrogen-bond donors (Lipinski definition) is 3. The Kier molecular flexibility index (Phi) is 4.73. The predicted molar refractivity (Wildman–Crippen MR) is 84.5 cm³/mol. The van der Waals surface area contributed by atoms with Crippen LogP contribution in [0.3, 0.4) is 0 Å². The summed E-state index contributed by atoms with van der Waals surface area (Å²) in [6, 6.07) is 8.16. The zero-order valence-electron chi connectivity index (χ0n) is 12.5. The van der Waals surface area contributed by atoms with Crippen LogP contribution in [0.2, 0.25) is 0 Å². The standard InChI is InChI=1S/C16H18N4O2/c1-10-9-13(3-4-14(10)15(17)21)20-16(22)19-11(2)12-5-7-18-8-6-12/h3-9,11H,1-2H3,(H2,17,21)(H2,19,20,22). The first-order chi connectivity index (χ1) is 10.5. The molecule has 2 aromatic rings. The van der Waals surface area contributed by atoms with Crippen LogP contribution in [0.1, 0.15) is 34.5 Å². The lowest BCUT2D eigenvalue weighted by Gasteiger charge is -2.15. The molecule has 114 valence electrons. The van der Waals surface area contributed by atoms with Crippen molar-refractivity contribution >= 4 is 17.6 Å². The largest absolute Gasteiger partial charge is 0.366 e. The van der Waals surface area contributed by atoms with Crippen molar-refractivity contribution in [2.24, 2.45) is 5.73 Å². The molecule has 0 saturated carbocycles. The van der Waals surface area contributed by atoms with Crippen LogP contribution in [-0.4, -0.2) is 16.9 Å². The molecule has 0 saturated heterocycles. The number of urea groups is 1. The quantitative estimate of drug-likeness (QED) is 0.808. The Labute approximate surface area is 128 Å². The first kappa shape index (κ1) is 15.5. The van der Waals surface area contributed by atoms with E-state index >= 15 is 0 Å². The number of pyridine rings is 1. The predicted octanol–water partition coefficient (Wildman–Crippen LogP) is 2.37. The van der Waals surface area contributed by atoms with Crippen LogP contribution in [0, 0.1) is 6.92 Å². The topological polar surface area (TPSA) is 97.1 Å². The summed E-state index contributed by atoms with van der Waals surface area (Å²) in [6.07, 6.45) is 3.36. The summed E-state index contributed by atoms with van der Waals surface area (Å²) in [5, 5.41) is 5.56. The average molecular weight is 298 g/mol. The van der Waals surface area contributed by atoms with Gasteiger partial charge >= 0.3 is 6.03 Å². The van der Waals surface area contributed by atoms with Crippen molar-refractivity contribution in [1.82, 2.24) is 10.3 Å². The van der Waals surface area contributed by atoms with Gasteiger partial charge in [-0.25, -0.2) is 4.79 Å². The number of nitrogens with one attached hydrogen (secondary N) is 2. The van der Waals surface area contributed by atoms with Crippen LogP contribution in [0.4, 0.5) is 10.5 Å². The first-order valence-corrected chi connectivity index (χ1v) is 6.85. The Morgan fingerprint density at radius 2 is 1.86 bits per heavy atom. The van der Waals surface area contributed by atoms with E-state index in [1.54, 1.807) is 37.5 Å². The summed E-state index contributed by atoms with van der Waals surface area (Å²) >= 11 is 0. The second-order valence-electron chi connectivity index (χ2n) is 4.99. The number of benzene rings is 1. The monoisotopic (exact) mass is 298 g/mol. The number of anilines is 1. The van der Waals surface area contributed by atoms with Crippen molar-refractivity contribution < 1.29 is 9.59 Å². The summed E-state index contributed by atoms with van der Waals surface area (Å²) in [5.41, 5.74) is 7.97. The number of aromatic nitrogens is 1. The number of amides is 3. The van der Waals surface area contributed by atoms with E-state index in [2.05, 4.69) is 15.6 Å². The van der Waals surface area contributed by atoms with E-state index in [1.807, 2.05) is 19.1 Å². The molecule has 0 spiro atoms. The minimum absolute atomic E-state index is 0.144. The van der Waals surface area contributed by atoms with Gasteiger partial charge in [-0.05, 0) is 55.3 Å². The Hall–Kier alpha value is -2.89. The Morgan fingerprint density at radius 3 is 2.45 bits per heavy atom. The molecule has 1 unspecified atom stereocenters. The van der Waals surface area contributed by atoms with Gasteiger partial charge in [-0.2, -0.15) is 0 Å². The lowest BCUT2D eigenvalue weighted by atomic mass is 10.1. The van der Waals surface area contributed by atoms with E-state index in [4.69, 9.17) is 5.73 Å². The van der Waals surface area contributed by atoms with E-state index in [-0.39, 0.29) is 12.1 Å². The van der Waals surface area contributed by atoms with Gasteiger partial charge in [-0.1, -0.05) is 0 Å². The molecule has 0 radical (unpaired) electrons. The van der Waals surface area contributed by atoms with Gasteiger partial charge < -0.3 is 16.4 Å². The maximum absolute atomic E-state index is 12.0. The molecule has 0 aliphatic rings. The Bertz CT molecular complexity index is 686. The highest BCUT2D eigenvalue weighted by molar-refractivity contribution is 5.96. The molecule has 0 bridgehead atoms. The van der Waals surface area contributed by atoms with Crippen LogP contribution in [0.15, 0.2) is 42.7 Å². The normalized spacial score (nSPS) is 11.5. The van der Waals surface area contributed by atoms with E-state index in [0.29, 0.717) is 16.8 Å². The number of carbonyl (C=O) groups excluding carboxylic acids is 2.